The van der Waals surface area contributed by atoms with Gasteiger partial charge >= 0.3 is 0 Å². The second kappa shape index (κ2) is 7.71. The van der Waals surface area contributed by atoms with E-state index in [1.165, 1.54) is 0 Å². The highest BCUT2D eigenvalue weighted by molar-refractivity contribution is 5.95. The molecule has 0 spiro atoms. The van der Waals surface area contributed by atoms with E-state index in [9.17, 15) is 4.79 Å². The van der Waals surface area contributed by atoms with E-state index < -0.39 is 0 Å². The Bertz CT molecular complexity index is 666. The summed E-state index contributed by atoms with van der Waals surface area (Å²) in [5.74, 6) is 1.99. The number of aromatic nitrogens is 2. The van der Waals surface area contributed by atoms with E-state index in [2.05, 4.69) is 28.9 Å². The molecule has 2 aromatic rings. The third-order valence-electron chi connectivity index (χ3n) is 4.57. The first-order valence-corrected chi connectivity index (χ1v) is 8.81. The summed E-state index contributed by atoms with van der Waals surface area (Å²) < 4.78 is 5.47. The minimum absolute atomic E-state index is 0.205. The number of Topliss-reactive ketones (excluding diaryl/α,β-unsaturated/α-hetero) is 1. The summed E-state index contributed by atoms with van der Waals surface area (Å²) in [6.45, 7) is 6.05. The molecule has 5 heteroatoms. The smallest absolute Gasteiger partial charge is 0.244 e. The number of carbonyl (C=O) groups excluding carboxylic acids is 1. The molecule has 2 heterocycles. The van der Waals surface area contributed by atoms with Gasteiger partial charge in [-0.15, -0.1) is 0 Å². The quantitative estimate of drug-likeness (QED) is 0.720. The van der Waals surface area contributed by atoms with Crippen molar-refractivity contribution in [1.29, 1.82) is 0 Å². The van der Waals surface area contributed by atoms with Crippen molar-refractivity contribution in [1.82, 2.24) is 15.0 Å². The van der Waals surface area contributed by atoms with Crippen LogP contribution in [0.2, 0.25) is 0 Å². The molecule has 0 radical (unpaired) electrons. The molecular formula is C19H25N3O2. The lowest BCUT2D eigenvalue weighted by Gasteiger charge is -2.21. The highest BCUT2D eigenvalue weighted by atomic mass is 16.5. The molecule has 1 fully saturated rings. The molecule has 1 aromatic heterocycles. The van der Waals surface area contributed by atoms with Crippen molar-refractivity contribution in [2.24, 2.45) is 0 Å². The van der Waals surface area contributed by atoms with Gasteiger partial charge in [0.2, 0.25) is 5.89 Å². The largest absolute Gasteiger partial charge is 0.338 e. The molecular weight excluding hydrogens is 302 g/mol. The van der Waals surface area contributed by atoms with E-state index in [0.29, 0.717) is 6.42 Å². The Morgan fingerprint density at radius 2 is 2.12 bits per heavy atom. The van der Waals surface area contributed by atoms with Crippen molar-refractivity contribution in [3.63, 3.8) is 0 Å². The van der Waals surface area contributed by atoms with E-state index in [1.807, 2.05) is 30.3 Å². The van der Waals surface area contributed by atoms with E-state index in [0.717, 1.165) is 49.6 Å². The lowest BCUT2D eigenvalue weighted by molar-refractivity contribution is 0.0972. The Balaban J connectivity index is 1.53. The summed E-state index contributed by atoms with van der Waals surface area (Å²) in [6.07, 6.45) is 3.62. The Labute approximate surface area is 143 Å². The van der Waals surface area contributed by atoms with Crippen LogP contribution in [0.25, 0.3) is 0 Å². The first kappa shape index (κ1) is 16.8. The van der Waals surface area contributed by atoms with Crippen LogP contribution in [-0.4, -0.2) is 33.9 Å². The van der Waals surface area contributed by atoms with Crippen molar-refractivity contribution in [3.8, 4) is 0 Å². The van der Waals surface area contributed by atoms with Gasteiger partial charge in [0.05, 0.1) is 6.04 Å². The molecule has 0 aliphatic carbocycles. The fourth-order valence-corrected chi connectivity index (χ4v) is 3.20. The zero-order chi connectivity index (χ0) is 16.9. The normalized spacial score (nSPS) is 18.4. The van der Waals surface area contributed by atoms with Crippen LogP contribution in [0.3, 0.4) is 0 Å². The third kappa shape index (κ3) is 3.90. The molecule has 1 aromatic carbocycles. The Hall–Kier alpha value is -2.01. The van der Waals surface area contributed by atoms with Crippen molar-refractivity contribution in [2.45, 2.75) is 51.5 Å². The van der Waals surface area contributed by atoms with Gasteiger partial charge in [-0.05, 0) is 32.4 Å². The molecule has 24 heavy (non-hydrogen) atoms. The lowest BCUT2D eigenvalue weighted by atomic mass is 10.1. The second-order valence-corrected chi connectivity index (χ2v) is 6.73. The number of hydrogen-bond acceptors (Lipinski definition) is 5. The summed E-state index contributed by atoms with van der Waals surface area (Å²) in [7, 11) is 0. The zero-order valence-electron chi connectivity index (χ0n) is 14.4. The zero-order valence-corrected chi connectivity index (χ0v) is 14.4. The van der Waals surface area contributed by atoms with Crippen molar-refractivity contribution >= 4 is 5.78 Å². The maximum absolute atomic E-state index is 12.2. The standard InChI is InChI=1S/C19H25N3O2/c1-14(2)18-20-19(24-21-18)16-10-6-12-22(16)13-7-11-17(23)15-8-4-3-5-9-15/h3-5,8-9,14,16H,6-7,10-13H2,1-2H3. The average molecular weight is 327 g/mol. The monoisotopic (exact) mass is 327 g/mol. The van der Waals surface area contributed by atoms with Gasteiger partial charge < -0.3 is 4.52 Å². The Morgan fingerprint density at radius 1 is 1.33 bits per heavy atom. The molecule has 1 unspecified atom stereocenters. The van der Waals surface area contributed by atoms with Crippen LogP contribution in [-0.2, 0) is 0 Å². The van der Waals surface area contributed by atoms with Gasteiger partial charge in [0.1, 0.15) is 0 Å². The molecule has 0 N–H and O–H groups in total. The Morgan fingerprint density at radius 3 is 2.83 bits per heavy atom. The first-order valence-electron chi connectivity index (χ1n) is 8.81. The van der Waals surface area contributed by atoms with E-state index in [4.69, 9.17) is 4.52 Å². The molecule has 0 saturated carbocycles. The van der Waals surface area contributed by atoms with Gasteiger partial charge in [-0.3, -0.25) is 9.69 Å². The van der Waals surface area contributed by atoms with Gasteiger partial charge in [0.15, 0.2) is 11.6 Å². The highest BCUT2D eigenvalue weighted by Crippen LogP contribution is 2.31. The van der Waals surface area contributed by atoms with Crippen LogP contribution < -0.4 is 0 Å². The van der Waals surface area contributed by atoms with Gasteiger partial charge in [-0.2, -0.15) is 4.98 Å². The number of rotatable bonds is 7. The van der Waals surface area contributed by atoms with Crippen LogP contribution in [0, 0.1) is 0 Å². The molecule has 128 valence electrons. The van der Waals surface area contributed by atoms with Crippen LogP contribution in [0.5, 0.6) is 0 Å². The third-order valence-corrected chi connectivity index (χ3v) is 4.57. The number of nitrogens with zero attached hydrogens (tertiary/aromatic N) is 3. The number of likely N-dealkylation sites (tertiary alicyclic amines) is 1. The van der Waals surface area contributed by atoms with Crippen molar-refractivity contribution < 1.29 is 9.32 Å². The maximum atomic E-state index is 12.2. The SMILES string of the molecule is CC(C)c1noc(C2CCCN2CCCC(=O)c2ccccc2)n1. The van der Waals surface area contributed by atoms with Crippen LogP contribution in [0.4, 0.5) is 0 Å². The first-order chi connectivity index (χ1) is 11.6. The van der Waals surface area contributed by atoms with Crippen LogP contribution in [0.15, 0.2) is 34.9 Å². The summed E-state index contributed by atoms with van der Waals surface area (Å²) in [5.41, 5.74) is 0.800. The average Bonchev–Trinajstić information content (AvgIpc) is 3.24. The summed E-state index contributed by atoms with van der Waals surface area (Å²) in [4.78, 5) is 19.1. The van der Waals surface area contributed by atoms with Gasteiger partial charge in [0, 0.05) is 17.9 Å². The fraction of sp³-hybridized carbons (Fsp3) is 0.526. The number of hydrogen-bond donors (Lipinski definition) is 0. The molecule has 1 aliphatic heterocycles. The van der Waals surface area contributed by atoms with Crippen LogP contribution in [0.1, 0.15) is 73.6 Å². The Kier molecular flexibility index (Phi) is 5.41. The highest BCUT2D eigenvalue weighted by Gasteiger charge is 2.30. The van der Waals surface area contributed by atoms with Gasteiger partial charge in [0.25, 0.3) is 0 Å². The van der Waals surface area contributed by atoms with Crippen molar-refractivity contribution in [2.75, 3.05) is 13.1 Å². The predicted octanol–water partition coefficient (Wildman–Crippen LogP) is 3.99. The molecule has 1 aliphatic rings. The molecule has 0 bridgehead atoms. The van der Waals surface area contributed by atoms with Gasteiger partial charge in [-0.1, -0.05) is 49.3 Å². The topological polar surface area (TPSA) is 59.2 Å². The second-order valence-electron chi connectivity index (χ2n) is 6.73. The van der Waals surface area contributed by atoms with Gasteiger partial charge in [-0.25, -0.2) is 0 Å². The lowest BCUT2D eigenvalue weighted by Crippen LogP contribution is -2.25. The fourth-order valence-electron chi connectivity index (χ4n) is 3.20. The summed E-state index contributed by atoms with van der Waals surface area (Å²) >= 11 is 0. The number of benzene rings is 1. The molecule has 0 amide bonds. The molecule has 5 nitrogen and oxygen atoms in total. The van der Waals surface area contributed by atoms with Crippen LogP contribution >= 0.6 is 0 Å². The number of carbonyl (C=O) groups is 1. The molecule has 1 saturated heterocycles. The van der Waals surface area contributed by atoms with E-state index >= 15 is 0 Å². The predicted molar refractivity (Wildman–Crippen MR) is 91.9 cm³/mol. The summed E-state index contributed by atoms with van der Waals surface area (Å²) in [5, 5.41) is 4.08. The maximum Gasteiger partial charge on any atom is 0.244 e. The molecule has 1 atom stereocenters. The minimum atomic E-state index is 0.205. The minimum Gasteiger partial charge on any atom is -0.338 e. The molecule has 3 rings (SSSR count). The van der Waals surface area contributed by atoms with Crippen molar-refractivity contribution in [3.05, 3.63) is 47.6 Å². The van der Waals surface area contributed by atoms with E-state index in [1.54, 1.807) is 0 Å². The number of ketones is 1. The van der Waals surface area contributed by atoms with E-state index in [-0.39, 0.29) is 17.7 Å². The summed E-state index contributed by atoms with van der Waals surface area (Å²) in [6, 6.07) is 9.72.